The second-order valence-corrected chi connectivity index (χ2v) is 6.61. The zero-order valence-corrected chi connectivity index (χ0v) is 16.1. The lowest BCUT2D eigenvalue weighted by molar-refractivity contribution is -0.120. The predicted molar refractivity (Wildman–Crippen MR) is 106 cm³/mol. The number of hydrazone groups is 1. The van der Waals surface area contributed by atoms with E-state index < -0.39 is 17.6 Å². The van der Waals surface area contributed by atoms with Gasteiger partial charge in [0.05, 0.1) is 12.8 Å². The minimum absolute atomic E-state index is 0.132. The first-order chi connectivity index (χ1) is 13.5. The second kappa shape index (κ2) is 9.09. The van der Waals surface area contributed by atoms with E-state index in [1.54, 1.807) is 12.1 Å². The van der Waals surface area contributed by atoms with Crippen LogP contribution in [0.25, 0.3) is 11.3 Å². The lowest BCUT2D eigenvalue weighted by Crippen LogP contribution is -2.34. The number of benzene rings is 2. The first kappa shape index (κ1) is 19.5. The minimum Gasteiger partial charge on any atom is -0.455 e. The van der Waals surface area contributed by atoms with Crippen LogP contribution in [-0.2, 0) is 4.79 Å². The summed E-state index contributed by atoms with van der Waals surface area (Å²) in [4.78, 5) is 23.6. The van der Waals surface area contributed by atoms with Gasteiger partial charge in [0, 0.05) is 15.6 Å². The van der Waals surface area contributed by atoms with E-state index >= 15 is 0 Å². The molecule has 1 aromatic heterocycles. The van der Waals surface area contributed by atoms with Crippen LogP contribution in [0.4, 0.5) is 4.39 Å². The summed E-state index contributed by atoms with van der Waals surface area (Å²) in [5, 5.41) is 6.18. The van der Waals surface area contributed by atoms with Crippen molar-refractivity contribution in [2.45, 2.75) is 0 Å². The maximum absolute atomic E-state index is 13.1. The van der Waals surface area contributed by atoms with Crippen molar-refractivity contribution in [3.8, 4) is 11.3 Å². The molecule has 1 heterocycles. The van der Waals surface area contributed by atoms with Gasteiger partial charge in [-0.25, -0.2) is 9.82 Å². The molecule has 142 valence electrons. The van der Waals surface area contributed by atoms with Crippen LogP contribution < -0.4 is 10.7 Å². The van der Waals surface area contributed by atoms with Crippen LogP contribution in [0.15, 0.2) is 74.7 Å². The van der Waals surface area contributed by atoms with Crippen molar-refractivity contribution >= 4 is 34.0 Å². The molecule has 0 saturated carbocycles. The molecule has 0 saturated heterocycles. The van der Waals surface area contributed by atoms with Crippen LogP contribution in [0.5, 0.6) is 0 Å². The molecule has 0 fully saturated rings. The number of carbonyl (C=O) groups excluding carboxylic acids is 2. The molecule has 3 aromatic rings. The van der Waals surface area contributed by atoms with Crippen LogP contribution in [0.2, 0.25) is 0 Å². The number of hydrogen-bond donors (Lipinski definition) is 2. The number of furan rings is 1. The van der Waals surface area contributed by atoms with Crippen LogP contribution in [0.1, 0.15) is 16.1 Å². The summed E-state index contributed by atoms with van der Waals surface area (Å²) in [5.41, 5.74) is 3.32. The quantitative estimate of drug-likeness (QED) is 0.449. The molecule has 0 aliphatic rings. The summed E-state index contributed by atoms with van der Waals surface area (Å²) in [7, 11) is 0. The smallest absolute Gasteiger partial charge is 0.259 e. The molecule has 0 bridgehead atoms. The third-order valence-electron chi connectivity index (χ3n) is 3.63. The van der Waals surface area contributed by atoms with E-state index in [0.29, 0.717) is 11.5 Å². The van der Waals surface area contributed by atoms with Gasteiger partial charge in [-0.15, -0.1) is 0 Å². The molecule has 0 spiro atoms. The Morgan fingerprint density at radius 2 is 1.89 bits per heavy atom. The third-order valence-corrected chi connectivity index (χ3v) is 4.16. The van der Waals surface area contributed by atoms with Crippen molar-refractivity contribution in [3.63, 3.8) is 0 Å². The van der Waals surface area contributed by atoms with Crippen molar-refractivity contribution in [1.29, 1.82) is 0 Å². The Morgan fingerprint density at radius 1 is 1.11 bits per heavy atom. The fourth-order valence-corrected chi connectivity index (χ4v) is 2.56. The topological polar surface area (TPSA) is 83.7 Å². The fraction of sp³-hybridized carbons (Fsp3) is 0.0500. The van der Waals surface area contributed by atoms with E-state index in [4.69, 9.17) is 4.42 Å². The Kier molecular flexibility index (Phi) is 6.33. The molecule has 8 heteroatoms. The normalized spacial score (nSPS) is 10.8. The van der Waals surface area contributed by atoms with Gasteiger partial charge in [-0.1, -0.05) is 34.1 Å². The Morgan fingerprint density at radius 3 is 2.64 bits per heavy atom. The lowest BCUT2D eigenvalue weighted by atomic mass is 10.2. The van der Waals surface area contributed by atoms with Gasteiger partial charge in [0.15, 0.2) is 0 Å². The highest BCUT2D eigenvalue weighted by molar-refractivity contribution is 9.10. The molecule has 0 aliphatic heterocycles. The minimum atomic E-state index is -0.552. The highest BCUT2D eigenvalue weighted by atomic mass is 79.9. The molecule has 0 aliphatic carbocycles. The molecule has 2 amide bonds. The average molecular weight is 444 g/mol. The molecular weight excluding hydrogens is 429 g/mol. The monoisotopic (exact) mass is 443 g/mol. The summed E-state index contributed by atoms with van der Waals surface area (Å²) in [5.74, 6) is -0.475. The van der Waals surface area contributed by atoms with Crippen LogP contribution >= 0.6 is 15.9 Å². The van der Waals surface area contributed by atoms with Gasteiger partial charge in [-0.2, -0.15) is 5.10 Å². The summed E-state index contributed by atoms with van der Waals surface area (Å²) in [6.45, 7) is -0.297. The van der Waals surface area contributed by atoms with E-state index in [2.05, 4.69) is 31.8 Å². The number of halogens is 2. The maximum Gasteiger partial charge on any atom is 0.259 e. The van der Waals surface area contributed by atoms with Crippen molar-refractivity contribution in [2.24, 2.45) is 5.10 Å². The number of nitrogens with zero attached hydrogens (tertiary/aromatic N) is 1. The zero-order valence-electron chi connectivity index (χ0n) is 14.5. The molecule has 6 nitrogen and oxygen atoms in total. The first-order valence-corrected chi connectivity index (χ1v) is 9.02. The van der Waals surface area contributed by atoms with Crippen molar-refractivity contribution in [3.05, 3.63) is 82.3 Å². The summed E-state index contributed by atoms with van der Waals surface area (Å²) in [6.07, 6.45) is 1.36. The van der Waals surface area contributed by atoms with E-state index in [9.17, 15) is 14.0 Å². The average Bonchev–Trinajstić information content (AvgIpc) is 3.15. The largest absolute Gasteiger partial charge is 0.455 e. The van der Waals surface area contributed by atoms with E-state index in [-0.39, 0.29) is 12.1 Å². The Balaban J connectivity index is 1.48. The standard InChI is InChI=1S/C20H15BrFN3O3/c21-15-6-4-13(5-7-15)18-9-8-17(28-18)11-24-25-19(26)12-23-20(27)14-2-1-3-16(22)10-14/h1-11H,12H2,(H,23,27)(H,25,26)/b24-11+. The van der Waals surface area contributed by atoms with Gasteiger partial charge in [-0.05, 0) is 42.5 Å². The molecular formula is C20H15BrFN3O3. The van der Waals surface area contributed by atoms with E-state index in [1.165, 1.54) is 24.4 Å². The summed E-state index contributed by atoms with van der Waals surface area (Å²) >= 11 is 3.37. The van der Waals surface area contributed by atoms with Gasteiger partial charge in [0.2, 0.25) is 0 Å². The van der Waals surface area contributed by atoms with Gasteiger partial charge < -0.3 is 9.73 Å². The van der Waals surface area contributed by atoms with Gasteiger partial charge in [-0.3, -0.25) is 9.59 Å². The lowest BCUT2D eigenvalue weighted by Gasteiger charge is -2.04. The summed E-state index contributed by atoms with van der Waals surface area (Å²) in [6, 6.07) is 16.3. The Labute approximate surface area is 168 Å². The Bertz CT molecular complexity index is 1020. The molecule has 0 atom stereocenters. The molecule has 0 unspecified atom stereocenters. The first-order valence-electron chi connectivity index (χ1n) is 8.23. The van der Waals surface area contributed by atoms with Gasteiger partial charge >= 0.3 is 0 Å². The maximum atomic E-state index is 13.1. The second-order valence-electron chi connectivity index (χ2n) is 5.70. The van der Waals surface area contributed by atoms with Crippen LogP contribution in [0, 0.1) is 5.82 Å². The van der Waals surface area contributed by atoms with Gasteiger partial charge in [0.25, 0.3) is 11.8 Å². The number of hydrogen-bond acceptors (Lipinski definition) is 4. The van der Waals surface area contributed by atoms with Crippen LogP contribution in [-0.4, -0.2) is 24.6 Å². The van der Waals surface area contributed by atoms with Crippen molar-refractivity contribution < 1.29 is 18.4 Å². The molecule has 0 radical (unpaired) electrons. The van der Waals surface area contributed by atoms with E-state index in [0.717, 1.165) is 16.1 Å². The third kappa shape index (κ3) is 5.37. The number of nitrogens with one attached hydrogen (secondary N) is 2. The predicted octanol–water partition coefficient (Wildman–Crippen LogP) is 3.73. The highest BCUT2D eigenvalue weighted by Crippen LogP contribution is 2.23. The van der Waals surface area contributed by atoms with Crippen molar-refractivity contribution in [2.75, 3.05) is 6.54 Å². The van der Waals surface area contributed by atoms with Crippen molar-refractivity contribution in [1.82, 2.24) is 10.7 Å². The number of rotatable bonds is 6. The molecule has 3 rings (SSSR count). The summed E-state index contributed by atoms with van der Waals surface area (Å²) < 4.78 is 19.7. The number of amides is 2. The van der Waals surface area contributed by atoms with Gasteiger partial charge in [0.1, 0.15) is 17.3 Å². The highest BCUT2D eigenvalue weighted by Gasteiger charge is 2.08. The fourth-order valence-electron chi connectivity index (χ4n) is 2.29. The molecule has 2 aromatic carbocycles. The molecule has 28 heavy (non-hydrogen) atoms. The number of carbonyl (C=O) groups is 2. The zero-order chi connectivity index (χ0) is 19.9. The molecule has 2 N–H and O–H groups in total. The van der Waals surface area contributed by atoms with E-state index in [1.807, 2.05) is 24.3 Å². The SMILES string of the molecule is O=C(CNC(=O)c1cccc(F)c1)N/N=C/c1ccc(-c2ccc(Br)cc2)o1. The van der Waals surface area contributed by atoms with Crippen LogP contribution in [0.3, 0.4) is 0 Å². The Hall–Kier alpha value is -3.26.